The zero-order valence-corrected chi connectivity index (χ0v) is 14.5. The molecular formula is C19H22N2O3. The van der Waals surface area contributed by atoms with Crippen LogP contribution in [0.2, 0.25) is 0 Å². The quantitative estimate of drug-likeness (QED) is 0.715. The molecular weight excluding hydrogens is 304 g/mol. The Hall–Kier alpha value is -2.56. The molecule has 3 aromatic rings. The fourth-order valence-electron chi connectivity index (χ4n) is 2.97. The number of furan rings is 1. The molecule has 5 heteroatoms. The van der Waals surface area contributed by atoms with Crippen LogP contribution in [-0.2, 0) is 24.2 Å². The standard InChI is InChI=1S/C19H22N2O3/c1-5-17-16(14-8-6-7-9-18(14)23-17)11-21(4)19(22)10-15-12(2)20-24-13(15)3/h6-9H,5,10-11H2,1-4H3. The molecule has 0 unspecified atom stereocenters. The topological polar surface area (TPSA) is 59.5 Å². The monoisotopic (exact) mass is 326 g/mol. The van der Waals surface area contributed by atoms with Crippen molar-refractivity contribution in [1.82, 2.24) is 10.1 Å². The fourth-order valence-corrected chi connectivity index (χ4v) is 2.97. The molecule has 0 N–H and O–H groups in total. The van der Waals surface area contributed by atoms with Gasteiger partial charge in [-0.1, -0.05) is 30.3 Å². The molecule has 0 fully saturated rings. The predicted octanol–water partition coefficient (Wildman–Crippen LogP) is 3.80. The van der Waals surface area contributed by atoms with Gasteiger partial charge in [0.25, 0.3) is 0 Å². The smallest absolute Gasteiger partial charge is 0.227 e. The SMILES string of the molecule is CCc1oc2ccccc2c1CN(C)C(=O)Cc1c(C)noc1C. The Balaban J connectivity index is 1.82. The van der Waals surface area contributed by atoms with E-state index in [0.29, 0.717) is 18.7 Å². The van der Waals surface area contributed by atoms with Crippen molar-refractivity contribution in [3.05, 3.63) is 52.6 Å². The van der Waals surface area contributed by atoms with Crippen LogP contribution in [0.4, 0.5) is 0 Å². The van der Waals surface area contributed by atoms with E-state index in [4.69, 9.17) is 8.94 Å². The third-order valence-corrected chi connectivity index (χ3v) is 4.43. The molecule has 0 radical (unpaired) electrons. The Kier molecular flexibility index (Phi) is 4.42. The van der Waals surface area contributed by atoms with Gasteiger partial charge >= 0.3 is 0 Å². The maximum Gasteiger partial charge on any atom is 0.227 e. The minimum absolute atomic E-state index is 0.0386. The second-order valence-electron chi connectivity index (χ2n) is 6.08. The fraction of sp³-hybridized carbons (Fsp3) is 0.368. The number of fused-ring (bicyclic) bond motifs is 1. The zero-order chi connectivity index (χ0) is 17.3. The lowest BCUT2D eigenvalue weighted by atomic mass is 10.1. The summed E-state index contributed by atoms with van der Waals surface area (Å²) in [5.74, 6) is 1.68. The Morgan fingerprint density at radius 2 is 1.96 bits per heavy atom. The molecule has 24 heavy (non-hydrogen) atoms. The van der Waals surface area contributed by atoms with Gasteiger partial charge in [0.1, 0.15) is 17.1 Å². The highest BCUT2D eigenvalue weighted by Gasteiger charge is 2.20. The van der Waals surface area contributed by atoms with E-state index in [1.165, 1.54) is 0 Å². The molecule has 0 saturated heterocycles. The van der Waals surface area contributed by atoms with Gasteiger partial charge in [-0.05, 0) is 19.9 Å². The van der Waals surface area contributed by atoms with E-state index in [-0.39, 0.29) is 5.91 Å². The molecule has 0 bridgehead atoms. The number of para-hydroxylation sites is 1. The molecule has 1 amide bonds. The Labute approximate surface area is 141 Å². The van der Waals surface area contributed by atoms with Crippen LogP contribution < -0.4 is 0 Å². The number of hydrogen-bond donors (Lipinski definition) is 0. The van der Waals surface area contributed by atoms with Crippen LogP contribution in [-0.4, -0.2) is 23.0 Å². The molecule has 0 aliphatic rings. The zero-order valence-electron chi connectivity index (χ0n) is 14.5. The first kappa shape index (κ1) is 16.3. The molecule has 126 valence electrons. The van der Waals surface area contributed by atoms with E-state index in [0.717, 1.165) is 40.0 Å². The Morgan fingerprint density at radius 1 is 1.21 bits per heavy atom. The van der Waals surface area contributed by atoms with Crippen molar-refractivity contribution < 1.29 is 13.7 Å². The summed E-state index contributed by atoms with van der Waals surface area (Å²) in [7, 11) is 1.82. The molecule has 0 aliphatic carbocycles. The van der Waals surface area contributed by atoms with Gasteiger partial charge in [-0.3, -0.25) is 4.79 Å². The summed E-state index contributed by atoms with van der Waals surface area (Å²) >= 11 is 0. The molecule has 0 saturated carbocycles. The van der Waals surface area contributed by atoms with Crippen LogP contribution in [0.15, 0.2) is 33.2 Å². The number of amides is 1. The van der Waals surface area contributed by atoms with Gasteiger partial charge in [0, 0.05) is 36.5 Å². The summed E-state index contributed by atoms with van der Waals surface area (Å²) in [5.41, 5.74) is 3.61. The normalized spacial score (nSPS) is 11.2. The van der Waals surface area contributed by atoms with Crippen molar-refractivity contribution in [1.29, 1.82) is 0 Å². The number of carbonyl (C=O) groups is 1. The number of hydrogen-bond acceptors (Lipinski definition) is 4. The van der Waals surface area contributed by atoms with Crippen molar-refractivity contribution in [2.45, 2.75) is 40.2 Å². The minimum Gasteiger partial charge on any atom is -0.461 e. The lowest BCUT2D eigenvalue weighted by molar-refractivity contribution is -0.129. The maximum atomic E-state index is 12.6. The van der Waals surface area contributed by atoms with Gasteiger partial charge in [-0.25, -0.2) is 0 Å². The summed E-state index contributed by atoms with van der Waals surface area (Å²) in [5, 5.41) is 4.99. The van der Waals surface area contributed by atoms with Crippen LogP contribution in [0.25, 0.3) is 11.0 Å². The van der Waals surface area contributed by atoms with Gasteiger partial charge in [0.2, 0.25) is 5.91 Å². The van der Waals surface area contributed by atoms with Crippen molar-refractivity contribution >= 4 is 16.9 Å². The maximum absolute atomic E-state index is 12.6. The first-order valence-electron chi connectivity index (χ1n) is 8.16. The third-order valence-electron chi connectivity index (χ3n) is 4.43. The minimum atomic E-state index is 0.0386. The van der Waals surface area contributed by atoms with Crippen LogP contribution in [0, 0.1) is 13.8 Å². The summed E-state index contributed by atoms with van der Waals surface area (Å²) < 4.78 is 11.1. The van der Waals surface area contributed by atoms with Gasteiger partial charge in [-0.15, -0.1) is 0 Å². The first-order chi connectivity index (χ1) is 11.5. The summed E-state index contributed by atoms with van der Waals surface area (Å²) in [6.45, 7) is 6.29. The van der Waals surface area contributed by atoms with Gasteiger partial charge < -0.3 is 13.8 Å². The highest BCUT2D eigenvalue weighted by Crippen LogP contribution is 2.27. The van der Waals surface area contributed by atoms with E-state index in [9.17, 15) is 4.79 Å². The average molecular weight is 326 g/mol. The molecule has 0 atom stereocenters. The third kappa shape index (κ3) is 2.94. The van der Waals surface area contributed by atoms with Crippen LogP contribution >= 0.6 is 0 Å². The summed E-state index contributed by atoms with van der Waals surface area (Å²) in [6.07, 6.45) is 1.10. The van der Waals surface area contributed by atoms with Crippen LogP contribution in [0.5, 0.6) is 0 Å². The highest BCUT2D eigenvalue weighted by atomic mass is 16.5. The van der Waals surface area contributed by atoms with Crippen LogP contribution in [0.1, 0.15) is 35.3 Å². The van der Waals surface area contributed by atoms with E-state index >= 15 is 0 Å². The average Bonchev–Trinajstić information content (AvgIpc) is 3.09. The van der Waals surface area contributed by atoms with Crippen molar-refractivity contribution in [2.24, 2.45) is 0 Å². The number of benzene rings is 1. The Morgan fingerprint density at radius 3 is 2.62 bits per heavy atom. The number of carbonyl (C=O) groups excluding carboxylic acids is 1. The molecule has 2 heterocycles. The summed E-state index contributed by atoms with van der Waals surface area (Å²) in [6, 6.07) is 7.96. The number of aromatic nitrogens is 1. The highest BCUT2D eigenvalue weighted by molar-refractivity contribution is 5.84. The second kappa shape index (κ2) is 6.51. The van der Waals surface area contributed by atoms with Crippen molar-refractivity contribution in [3.8, 4) is 0 Å². The van der Waals surface area contributed by atoms with E-state index < -0.39 is 0 Å². The van der Waals surface area contributed by atoms with E-state index in [2.05, 4.69) is 12.1 Å². The largest absolute Gasteiger partial charge is 0.461 e. The number of nitrogens with zero attached hydrogens (tertiary/aromatic N) is 2. The van der Waals surface area contributed by atoms with Gasteiger partial charge in [-0.2, -0.15) is 0 Å². The lowest BCUT2D eigenvalue weighted by Crippen LogP contribution is -2.28. The molecule has 5 nitrogen and oxygen atoms in total. The molecule has 1 aromatic carbocycles. The van der Waals surface area contributed by atoms with Crippen LogP contribution in [0.3, 0.4) is 0 Å². The number of aryl methyl sites for hydroxylation is 3. The predicted molar refractivity (Wildman–Crippen MR) is 91.7 cm³/mol. The number of rotatable bonds is 5. The molecule has 2 aromatic heterocycles. The van der Waals surface area contributed by atoms with Crippen molar-refractivity contribution in [2.75, 3.05) is 7.05 Å². The first-order valence-corrected chi connectivity index (χ1v) is 8.16. The van der Waals surface area contributed by atoms with Gasteiger partial charge in [0.05, 0.1) is 12.1 Å². The van der Waals surface area contributed by atoms with Gasteiger partial charge in [0.15, 0.2) is 0 Å². The lowest BCUT2D eigenvalue weighted by Gasteiger charge is -2.17. The van der Waals surface area contributed by atoms with Crippen molar-refractivity contribution in [3.63, 3.8) is 0 Å². The molecule has 0 spiro atoms. The van der Waals surface area contributed by atoms with E-state index in [1.807, 2.05) is 45.2 Å². The second-order valence-corrected chi connectivity index (χ2v) is 6.08. The van der Waals surface area contributed by atoms with E-state index in [1.54, 1.807) is 4.90 Å². The molecule has 0 aliphatic heterocycles. The Bertz CT molecular complexity index is 856. The summed E-state index contributed by atoms with van der Waals surface area (Å²) in [4.78, 5) is 14.3. The molecule has 3 rings (SSSR count). The number of likely N-dealkylation sites (N-methyl/N-ethyl adjacent to an activating group) is 1.